The van der Waals surface area contributed by atoms with Crippen LogP contribution < -0.4 is 0 Å². The molecule has 1 radical (unpaired) electrons. The van der Waals surface area contributed by atoms with Crippen molar-refractivity contribution in [3.8, 4) is 5.92 Å². The zero-order valence-corrected chi connectivity index (χ0v) is 5.84. The van der Waals surface area contributed by atoms with Gasteiger partial charge < -0.3 is 4.79 Å². The maximum Gasteiger partial charge on any atom is 0.149 e. The van der Waals surface area contributed by atoms with Crippen LogP contribution in [0.3, 0.4) is 0 Å². The van der Waals surface area contributed by atoms with Crippen molar-refractivity contribution in [2.24, 2.45) is 0 Å². The average molecular weight is 136 g/mol. The molecule has 1 atom stereocenters. The highest BCUT2D eigenvalue weighted by molar-refractivity contribution is 5.62. The molecule has 1 aliphatic rings. The van der Waals surface area contributed by atoms with E-state index >= 15 is 0 Å². The van der Waals surface area contributed by atoms with Crippen LogP contribution in [0.15, 0.2) is 0 Å². The Bertz CT molecular complexity index is 153. The quantitative estimate of drug-likeness (QED) is 0.400. The van der Waals surface area contributed by atoms with Crippen molar-refractivity contribution in [2.75, 3.05) is 13.1 Å². The summed E-state index contributed by atoms with van der Waals surface area (Å²) < 4.78 is 0. The Morgan fingerprint density at radius 2 is 2.10 bits per heavy atom. The predicted molar refractivity (Wildman–Crippen MR) is 37.8 cm³/mol. The maximum atomic E-state index is 10.3. The van der Waals surface area contributed by atoms with Crippen molar-refractivity contribution >= 4 is 6.29 Å². The molecule has 10 heavy (non-hydrogen) atoms. The van der Waals surface area contributed by atoms with Gasteiger partial charge in [0.15, 0.2) is 0 Å². The fourth-order valence-corrected chi connectivity index (χ4v) is 1.23. The third-order valence-corrected chi connectivity index (χ3v) is 1.81. The SMILES string of the molecule is [C]#CC(C=O)N1CCCC1. The summed E-state index contributed by atoms with van der Waals surface area (Å²) in [5.74, 6) is 2.20. The van der Waals surface area contributed by atoms with E-state index in [-0.39, 0.29) is 6.04 Å². The highest BCUT2D eigenvalue weighted by Crippen LogP contribution is 2.09. The van der Waals surface area contributed by atoms with Crippen molar-refractivity contribution < 1.29 is 4.79 Å². The number of aldehydes is 1. The van der Waals surface area contributed by atoms with Crippen molar-refractivity contribution in [1.29, 1.82) is 0 Å². The summed E-state index contributed by atoms with van der Waals surface area (Å²) in [5.41, 5.74) is 0. The molecule has 0 saturated carbocycles. The molecule has 2 nitrogen and oxygen atoms in total. The Morgan fingerprint density at radius 1 is 1.50 bits per heavy atom. The lowest BCUT2D eigenvalue weighted by Gasteiger charge is -2.16. The fourth-order valence-electron chi connectivity index (χ4n) is 1.23. The van der Waals surface area contributed by atoms with E-state index < -0.39 is 0 Å². The lowest BCUT2D eigenvalue weighted by Crippen LogP contribution is -2.32. The first kappa shape index (κ1) is 7.30. The van der Waals surface area contributed by atoms with Crippen molar-refractivity contribution in [1.82, 2.24) is 4.90 Å². The number of rotatable bonds is 2. The summed E-state index contributed by atoms with van der Waals surface area (Å²) >= 11 is 0. The Labute approximate surface area is 61.2 Å². The van der Waals surface area contributed by atoms with Gasteiger partial charge in [-0.3, -0.25) is 4.90 Å². The lowest BCUT2D eigenvalue weighted by molar-refractivity contribution is -0.110. The largest absolute Gasteiger partial charge is 0.301 e. The van der Waals surface area contributed by atoms with Gasteiger partial charge in [-0.1, -0.05) is 5.92 Å². The second-order valence-corrected chi connectivity index (χ2v) is 2.47. The van der Waals surface area contributed by atoms with E-state index in [9.17, 15) is 4.79 Å². The number of carbonyl (C=O) groups excluding carboxylic acids is 1. The van der Waals surface area contributed by atoms with E-state index in [2.05, 4.69) is 5.92 Å². The third kappa shape index (κ3) is 1.37. The standard InChI is InChI=1S/C8H10NO/c1-2-8(7-10)9-5-3-4-6-9/h7-8H,3-6H2. The molecule has 0 amide bonds. The molecular formula is C8H10NO. The monoisotopic (exact) mass is 136 g/mol. The topological polar surface area (TPSA) is 20.3 Å². The van der Waals surface area contributed by atoms with Gasteiger partial charge in [-0.25, -0.2) is 0 Å². The van der Waals surface area contributed by atoms with Crippen LogP contribution in [0.1, 0.15) is 12.8 Å². The minimum atomic E-state index is -0.387. The highest BCUT2D eigenvalue weighted by atomic mass is 16.1. The molecule has 1 unspecified atom stereocenters. The molecule has 0 aliphatic carbocycles. The summed E-state index contributed by atoms with van der Waals surface area (Å²) in [7, 11) is 0. The number of likely N-dealkylation sites (tertiary alicyclic amines) is 1. The predicted octanol–water partition coefficient (Wildman–Crippen LogP) is 0.239. The number of hydrogen-bond donors (Lipinski definition) is 0. The molecule has 1 aliphatic heterocycles. The summed E-state index contributed by atoms with van der Waals surface area (Å²) in [6.07, 6.45) is 9.87. The number of nitrogens with zero attached hydrogens (tertiary/aromatic N) is 1. The van der Waals surface area contributed by atoms with E-state index in [1.54, 1.807) is 0 Å². The van der Waals surface area contributed by atoms with Gasteiger partial charge in [0.05, 0.1) is 0 Å². The Morgan fingerprint density at radius 3 is 2.50 bits per heavy atom. The van der Waals surface area contributed by atoms with E-state index in [4.69, 9.17) is 6.42 Å². The maximum absolute atomic E-state index is 10.3. The molecule has 1 saturated heterocycles. The summed E-state index contributed by atoms with van der Waals surface area (Å²) in [5, 5.41) is 0. The van der Waals surface area contributed by atoms with Crippen LogP contribution in [0.4, 0.5) is 0 Å². The molecule has 53 valence electrons. The molecule has 0 N–H and O–H groups in total. The van der Waals surface area contributed by atoms with Gasteiger partial charge >= 0.3 is 0 Å². The Hall–Kier alpha value is -0.810. The zero-order valence-electron chi connectivity index (χ0n) is 5.84. The molecule has 1 fully saturated rings. The first-order valence-corrected chi connectivity index (χ1v) is 3.50. The van der Waals surface area contributed by atoms with Crippen LogP contribution in [0, 0.1) is 12.3 Å². The Balaban J connectivity index is 2.46. The molecule has 0 spiro atoms. The second kappa shape index (κ2) is 3.38. The van der Waals surface area contributed by atoms with E-state index in [1.807, 2.05) is 4.90 Å². The first-order valence-electron chi connectivity index (χ1n) is 3.50. The van der Waals surface area contributed by atoms with Gasteiger partial charge in [-0.2, -0.15) is 0 Å². The highest BCUT2D eigenvalue weighted by Gasteiger charge is 2.18. The summed E-state index contributed by atoms with van der Waals surface area (Å²) in [6.45, 7) is 1.88. The van der Waals surface area contributed by atoms with Crippen LogP contribution in [0.5, 0.6) is 0 Å². The van der Waals surface area contributed by atoms with Crippen LogP contribution in [-0.2, 0) is 4.79 Å². The number of hydrogen-bond acceptors (Lipinski definition) is 2. The van der Waals surface area contributed by atoms with E-state index in [0.717, 1.165) is 32.2 Å². The van der Waals surface area contributed by atoms with Crippen molar-refractivity contribution in [2.45, 2.75) is 18.9 Å². The fraction of sp³-hybridized carbons (Fsp3) is 0.625. The first-order chi connectivity index (χ1) is 4.88. The molecule has 1 heterocycles. The van der Waals surface area contributed by atoms with Crippen LogP contribution >= 0.6 is 0 Å². The third-order valence-electron chi connectivity index (χ3n) is 1.81. The van der Waals surface area contributed by atoms with E-state index in [1.165, 1.54) is 0 Å². The zero-order chi connectivity index (χ0) is 7.40. The van der Waals surface area contributed by atoms with Crippen LogP contribution in [-0.4, -0.2) is 30.3 Å². The molecule has 0 aromatic heterocycles. The minimum Gasteiger partial charge on any atom is -0.301 e. The van der Waals surface area contributed by atoms with E-state index in [0.29, 0.717) is 0 Å². The molecular weight excluding hydrogens is 126 g/mol. The van der Waals surface area contributed by atoms with Crippen LogP contribution in [0.2, 0.25) is 0 Å². The lowest BCUT2D eigenvalue weighted by atomic mass is 10.3. The molecule has 0 aromatic carbocycles. The summed E-state index contributed by atoms with van der Waals surface area (Å²) in [4.78, 5) is 12.3. The molecule has 0 aromatic rings. The normalized spacial score (nSPS) is 21.9. The summed E-state index contributed by atoms with van der Waals surface area (Å²) in [6, 6.07) is -0.387. The van der Waals surface area contributed by atoms with Gasteiger partial charge in [0, 0.05) is 0 Å². The van der Waals surface area contributed by atoms with Gasteiger partial charge in [0.25, 0.3) is 0 Å². The average Bonchev–Trinajstić information content (AvgIpc) is 2.43. The number of carbonyl (C=O) groups is 1. The Kier molecular flexibility index (Phi) is 2.47. The minimum absolute atomic E-state index is 0.387. The van der Waals surface area contributed by atoms with Crippen molar-refractivity contribution in [3.05, 3.63) is 6.42 Å². The second-order valence-electron chi connectivity index (χ2n) is 2.47. The molecule has 1 rings (SSSR count). The van der Waals surface area contributed by atoms with Gasteiger partial charge in [0.1, 0.15) is 12.3 Å². The van der Waals surface area contributed by atoms with Gasteiger partial charge in [-0.15, -0.1) is 0 Å². The smallest absolute Gasteiger partial charge is 0.149 e. The molecule has 2 heteroatoms. The van der Waals surface area contributed by atoms with Gasteiger partial charge in [-0.05, 0) is 32.4 Å². The van der Waals surface area contributed by atoms with Crippen molar-refractivity contribution in [3.63, 3.8) is 0 Å². The molecule has 0 bridgehead atoms. The van der Waals surface area contributed by atoms with Gasteiger partial charge in [0.2, 0.25) is 0 Å². The van der Waals surface area contributed by atoms with Crippen LogP contribution in [0.25, 0.3) is 0 Å².